The van der Waals surface area contributed by atoms with E-state index in [-0.39, 0.29) is 5.91 Å². The molecule has 0 aliphatic rings. The number of nitrogens with one attached hydrogen (secondary N) is 2. The van der Waals surface area contributed by atoms with Gasteiger partial charge in [-0.3, -0.25) is 4.79 Å². The molecule has 0 radical (unpaired) electrons. The number of amides is 1. The van der Waals surface area contributed by atoms with Gasteiger partial charge in [0.2, 0.25) is 0 Å². The van der Waals surface area contributed by atoms with Crippen LogP contribution in [0.4, 0.5) is 10.8 Å². The maximum absolute atomic E-state index is 12.0. The van der Waals surface area contributed by atoms with E-state index < -0.39 is 0 Å². The molecule has 1 heterocycles. The number of carbonyl (C=O) groups is 1. The van der Waals surface area contributed by atoms with Crippen LogP contribution in [0.3, 0.4) is 0 Å². The lowest BCUT2D eigenvalue weighted by Gasteiger charge is -2.09. The van der Waals surface area contributed by atoms with Crippen molar-refractivity contribution in [3.63, 3.8) is 0 Å². The van der Waals surface area contributed by atoms with Crippen molar-refractivity contribution in [2.45, 2.75) is 6.42 Å². The Kier molecular flexibility index (Phi) is 5.30. The lowest BCUT2D eigenvalue weighted by molar-refractivity contribution is 0.102. The summed E-state index contributed by atoms with van der Waals surface area (Å²) in [4.78, 5) is 18.4. The molecule has 6 heteroatoms. The van der Waals surface area contributed by atoms with Crippen LogP contribution in [0.15, 0.2) is 29.6 Å². The molecule has 0 saturated carbocycles. The minimum absolute atomic E-state index is 0.186. The largest absolute Gasteiger partial charge is 0.365 e. The van der Waals surface area contributed by atoms with Crippen LogP contribution in [0.2, 0.25) is 0 Å². The van der Waals surface area contributed by atoms with Gasteiger partial charge in [-0.2, -0.15) is 0 Å². The summed E-state index contributed by atoms with van der Waals surface area (Å²) < 4.78 is 0. The predicted molar refractivity (Wildman–Crippen MR) is 88.3 cm³/mol. The quantitative estimate of drug-likeness (QED) is 0.861. The summed E-state index contributed by atoms with van der Waals surface area (Å²) in [6.45, 7) is 1.01. The highest BCUT2D eigenvalue weighted by Gasteiger charge is 2.10. The van der Waals surface area contributed by atoms with Gasteiger partial charge in [-0.25, -0.2) is 4.98 Å². The topological polar surface area (TPSA) is 57.3 Å². The molecule has 1 amide bonds. The summed E-state index contributed by atoms with van der Waals surface area (Å²) in [6, 6.07) is 7.93. The van der Waals surface area contributed by atoms with E-state index in [0.717, 1.165) is 23.8 Å². The van der Waals surface area contributed by atoms with Crippen LogP contribution >= 0.6 is 11.3 Å². The summed E-state index contributed by atoms with van der Waals surface area (Å²) in [5, 5.41) is 8.25. The molecule has 0 aliphatic heterocycles. The summed E-state index contributed by atoms with van der Waals surface area (Å²) in [6.07, 6.45) is 0.999. The molecule has 0 saturated heterocycles. The number of thiazole rings is 1. The van der Waals surface area contributed by atoms with E-state index in [0.29, 0.717) is 5.69 Å². The van der Waals surface area contributed by atoms with Crippen LogP contribution in [-0.2, 0) is 6.42 Å². The Morgan fingerprint density at radius 1 is 1.29 bits per heavy atom. The van der Waals surface area contributed by atoms with Gasteiger partial charge in [0.05, 0.1) is 0 Å². The van der Waals surface area contributed by atoms with Crippen LogP contribution in [0, 0.1) is 0 Å². The minimum atomic E-state index is -0.186. The molecule has 0 unspecified atom stereocenters. The van der Waals surface area contributed by atoms with Crippen molar-refractivity contribution in [3.8, 4) is 0 Å². The predicted octanol–water partition coefficient (Wildman–Crippen LogP) is 2.54. The highest BCUT2D eigenvalue weighted by atomic mass is 32.1. The third kappa shape index (κ3) is 4.54. The smallest absolute Gasteiger partial charge is 0.275 e. The van der Waals surface area contributed by atoms with E-state index >= 15 is 0 Å². The highest BCUT2D eigenvalue weighted by Crippen LogP contribution is 2.16. The van der Waals surface area contributed by atoms with E-state index in [1.165, 1.54) is 16.9 Å². The van der Waals surface area contributed by atoms with Gasteiger partial charge < -0.3 is 15.5 Å². The van der Waals surface area contributed by atoms with Crippen LogP contribution in [-0.4, -0.2) is 43.5 Å². The van der Waals surface area contributed by atoms with Crippen molar-refractivity contribution in [3.05, 3.63) is 40.9 Å². The molecule has 112 valence electrons. The van der Waals surface area contributed by atoms with Crippen molar-refractivity contribution in [2.75, 3.05) is 38.3 Å². The first-order chi connectivity index (χ1) is 10.1. The second-order valence-corrected chi connectivity index (χ2v) is 5.85. The van der Waals surface area contributed by atoms with E-state index in [1.807, 2.05) is 24.3 Å². The molecule has 2 aromatic rings. The van der Waals surface area contributed by atoms with Gasteiger partial charge in [0.15, 0.2) is 5.13 Å². The van der Waals surface area contributed by atoms with Crippen LogP contribution < -0.4 is 10.6 Å². The molecule has 0 atom stereocenters. The fourth-order valence-electron chi connectivity index (χ4n) is 1.80. The van der Waals surface area contributed by atoms with Crippen molar-refractivity contribution in [2.24, 2.45) is 0 Å². The average molecular weight is 304 g/mol. The Labute approximate surface area is 129 Å². The Morgan fingerprint density at radius 2 is 2.00 bits per heavy atom. The maximum atomic E-state index is 12.0. The number of hydrogen-bond donors (Lipinski definition) is 2. The Hall–Kier alpha value is -1.92. The lowest BCUT2D eigenvalue weighted by Crippen LogP contribution is -2.15. The number of likely N-dealkylation sites (N-methyl/N-ethyl adjacent to an activating group) is 1. The summed E-state index contributed by atoms with van der Waals surface area (Å²) in [5.74, 6) is -0.186. The molecule has 0 fully saturated rings. The zero-order valence-electron chi connectivity index (χ0n) is 12.5. The number of benzene rings is 1. The first kappa shape index (κ1) is 15.5. The minimum Gasteiger partial charge on any atom is -0.365 e. The fourth-order valence-corrected chi connectivity index (χ4v) is 2.45. The zero-order chi connectivity index (χ0) is 15.2. The number of hydrogen-bond acceptors (Lipinski definition) is 5. The van der Waals surface area contributed by atoms with Crippen LogP contribution in [0.25, 0.3) is 0 Å². The van der Waals surface area contributed by atoms with E-state index in [1.54, 1.807) is 12.4 Å². The molecule has 1 aromatic carbocycles. The third-order valence-corrected chi connectivity index (χ3v) is 3.87. The number of aromatic nitrogens is 1. The van der Waals surface area contributed by atoms with E-state index in [2.05, 4.69) is 34.6 Å². The molecule has 0 aliphatic carbocycles. The molecule has 2 rings (SSSR count). The number of nitrogens with zero attached hydrogens (tertiary/aromatic N) is 2. The normalized spacial score (nSPS) is 10.7. The summed E-state index contributed by atoms with van der Waals surface area (Å²) in [5.41, 5.74) is 2.47. The second-order valence-electron chi connectivity index (χ2n) is 4.99. The molecular formula is C15H20N4OS. The number of anilines is 2. The highest BCUT2D eigenvalue weighted by molar-refractivity contribution is 7.13. The van der Waals surface area contributed by atoms with Crippen molar-refractivity contribution < 1.29 is 4.79 Å². The van der Waals surface area contributed by atoms with Gasteiger partial charge in [0.1, 0.15) is 5.69 Å². The number of rotatable bonds is 6. The van der Waals surface area contributed by atoms with Crippen LogP contribution in [0.5, 0.6) is 0 Å². The second kappa shape index (κ2) is 7.19. The lowest BCUT2D eigenvalue weighted by atomic mass is 10.1. The van der Waals surface area contributed by atoms with E-state index in [9.17, 15) is 4.79 Å². The first-order valence-electron chi connectivity index (χ1n) is 6.77. The monoisotopic (exact) mass is 304 g/mol. The van der Waals surface area contributed by atoms with Crippen LogP contribution in [0.1, 0.15) is 16.1 Å². The molecule has 21 heavy (non-hydrogen) atoms. The number of carbonyl (C=O) groups excluding carboxylic acids is 1. The fraction of sp³-hybridized carbons (Fsp3) is 0.333. The van der Waals surface area contributed by atoms with E-state index in [4.69, 9.17) is 0 Å². The van der Waals surface area contributed by atoms with Gasteiger partial charge in [-0.15, -0.1) is 11.3 Å². The average Bonchev–Trinajstić information content (AvgIpc) is 2.95. The van der Waals surface area contributed by atoms with Gasteiger partial charge >= 0.3 is 0 Å². The Morgan fingerprint density at radius 3 is 2.57 bits per heavy atom. The molecule has 5 nitrogen and oxygen atoms in total. The standard InChI is InChI=1S/C15H20N4OS/c1-16-15-18-13(10-21-15)14(20)17-12-6-4-11(5-7-12)8-9-19(2)3/h4-7,10H,8-9H2,1-3H3,(H,16,18)(H,17,20). The van der Waals surface area contributed by atoms with Crippen molar-refractivity contribution >= 4 is 28.1 Å². The van der Waals surface area contributed by atoms with Crippen molar-refractivity contribution in [1.29, 1.82) is 0 Å². The molecule has 1 aromatic heterocycles. The van der Waals surface area contributed by atoms with Gasteiger partial charge in [-0.1, -0.05) is 12.1 Å². The first-order valence-corrected chi connectivity index (χ1v) is 7.65. The molecule has 0 bridgehead atoms. The molecular weight excluding hydrogens is 284 g/mol. The summed E-state index contributed by atoms with van der Waals surface area (Å²) in [7, 11) is 5.90. The zero-order valence-corrected chi connectivity index (χ0v) is 13.3. The Balaban J connectivity index is 1.94. The van der Waals surface area contributed by atoms with Crippen molar-refractivity contribution in [1.82, 2.24) is 9.88 Å². The third-order valence-electron chi connectivity index (χ3n) is 3.01. The molecule has 0 spiro atoms. The van der Waals surface area contributed by atoms with Gasteiger partial charge in [-0.05, 0) is 38.2 Å². The SMILES string of the molecule is CNc1nc(C(=O)Nc2ccc(CCN(C)C)cc2)cs1. The molecule has 2 N–H and O–H groups in total. The summed E-state index contributed by atoms with van der Waals surface area (Å²) >= 11 is 1.41. The Bertz CT molecular complexity index is 592. The van der Waals surface area contributed by atoms with Gasteiger partial charge in [0.25, 0.3) is 5.91 Å². The maximum Gasteiger partial charge on any atom is 0.275 e. The van der Waals surface area contributed by atoms with Gasteiger partial charge in [0, 0.05) is 24.7 Å².